The summed E-state index contributed by atoms with van der Waals surface area (Å²) in [7, 11) is 1.98. The van der Waals surface area contributed by atoms with Gasteiger partial charge in [-0.15, -0.1) is 12.4 Å². The fourth-order valence-corrected chi connectivity index (χ4v) is 3.64. The van der Waals surface area contributed by atoms with Crippen LogP contribution in [0.5, 0.6) is 5.75 Å². The molecule has 0 spiro atoms. The summed E-state index contributed by atoms with van der Waals surface area (Å²) in [6.07, 6.45) is 2.78. The Kier molecular flexibility index (Phi) is 7.24. The zero-order valence-electron chi connectivity index (χ0n) is 14.5. The topological polar surface area (TPSA) is 47.3 Å². The number of hydrogen-bond donors (Lipinski definition) is 2. The molecular weight excluding hydrogens is 339 g/mol. The van der Waals surface area contributed by atoms with E-state index >= 15 is 0 Å². The Labute approximate surface area is 155 Å². The molecule has 136 valence electrons. The first-order chi connectivity index (χ1) is 11.7. The summed E-state index contributed by atoms with van der Waals surface area (Å²) in [5.41, 5.74) is 8.89. The number of rotatable bonds is 6. The SMILES string of the molecule is CNC1CCc2ccc(OCCN)cc2C1Cc1ccccc1F.Cl. The molecule has 0 radical (unpaired) electrons. The highest BCUT2D eigenvalue weighted by Crippen LogP contribution is 2.36. The molecule has 0 amide bonds. The van der Waals surface area contributed by atoms with E-state index in [1.165, 1.54) is 17.2 Å². The molecule has 0 heterocycles. The van der Waals surface area contributed by atoms with Crippen molar-refractivity contribution >= 4 is 12.4 Å². The maximum atomic E-state index is 14.1. The average molecular weight is 365 g/mol. The highest BCUT2D eigenvalue weighted by atomic mass is 35.5. The first-order valence-electron chi connectivity index (χ1n) is 8.59. The van der Waals surface area contributed by atoms with Crippen molar-refractivity contribution in [2.45, 2.75) is 31.2 Å². The summed E-state index contributed by atoms with van der Waals surface area (Å²) in [5.74, 6) is 0.946. The minimum atomic E-state index is -0.130. The van der Waals surface area contributed by atoms with Crippen LogP contribution in [0.15, 0.2) is 42.5 Å². The van der Waals surface area contributed by atoms with Crippen molar-refractivity contribution in [3.05, 3.63) is 65.0 Å². The van der Waals surface area contributed by atoms with Gasteiger partial charge in [0.05, 0.1) is 0 Å². The molecule has 0 fully saturated rings. The van der Waals surface area contributed by atoms with Crippen LogP contribution in [-0.2, 0) is 12.8 Å². The third-order valence-electron chi connectivity index (χ3n) is 4.88. The van der Waals surface area contributed by atoms with Crippen LogP contribution < -0.4 is 15.8 Å². The van der Waals surface area contributed by atoms with Crippen molar-refractivity contribution < 1.29 is 9.13 Å². The van der Waals surface area contributed by atoms with Crippen LogP contribution in [0, 0.1) is 5.82 Å². The van der Waals surface area contributed by atoms with Crippen molar-refractivity contribution in [2.75, 3.05) is 20.2 Å². The molecule has 25 heavy (non-hydrogen) atoms. The van der Waals surface area contributed by atoms with E-state index in [0.29, 0.717) is 25.6 Å². The predicted molar refractivity (Wildman–Crippen MR) is 102 cm³/mol. The van der Waals surface area contributed by atoms with Crippen LogP contribution in [0.2, 0.25) is 0 Å². The summed E-state index contributed by atoms with van der Waals surface area (Å²) < 4.78 is 19.8. The third kappa shape index (κ3) is 4.51. The molecule has 0 saturated carbocycles. The monoisotopic (exact) mass is 364 g/mol. The zero-order valence-corrected chi connectivity index (χ0v) is 15.3. The van der Waals surface area contributed by atoms with Crippen LogP contribution in [0.4, 0.5) is 4.39 Å². The second kappa shape index (κ2) is 9.18. The quantitative estimate of drug-likeness (QED) is 0.825. The normalized spacial score (nSPS) is 19.0. The van der Waals surface area contributed by atoms with Crippen LogP contribution >= 0.6 is 12.4 Å². The Morgan fingerprint density at radius 1 is 1.24 bits per heavy atom. The number of halogens is 2. The molecule has 0 bridgehead atoms. The van der Waals surface area contributed by atoms with Gasteiger partial charge < -0.3 is 15.8 Å². The Bertz CT molecular complexity index is 695. The number of nitrogens with one attached hydrogen (secondary N) is 1. The lowest BCUT2D eigenvalue weighted by Gasteiger charge is -2.34. The summed E-state index contributed by atoms with van der Waals surface area (Å²) in [4.78, 5) is 0. The number of fused-ring (bicyclic) bond motifs is 1. The van der Waals surface area contributed by atoms with E-state index in [2.05, 4.69) is 17.4 Å². The van der Waals surface area contributed by atoms with Gasteiger partial charge in [-0.25, -0.2) is 4.39 Å². The summed E-state index contributed by atoms with van der Waals surface area (Å²) in [5, 5.41) is 3.41. The van der Waals surface area contributed by atoms with Gasteiger partial charge in [-0.3, -0.25) is 0 Å². The molecule has 3 nitrogen and oxygen atoms in total. The Balaban J connectivity index is 0.00000225. The van der Waals surface area contributed by atoms with Crippen molar-refractivity contribution in [2.24, 2.45) is 5.73 Å². The molecule has 2 unspecified atom stereocenters. The standard InChI is InChI=1S/C20H25FN2O.ClH/c1-23-20-9-7-14-6-8-16(24-11-10-22)13-17(14)18(20)12-15-4-2-3-5-19(15)21;/h2-6,8,13,18,20,23H,7,9-12,22H2,1H3;1H. The fourth-order valence-electron chi connectivity index (χ4n) is 3.64. The third-order valence-corrected chi connectivity index (χ3v) is 4.88. The van der Waals surface area contributed by atoms with Crippen molar-refractivity contribution in [3.8, 4) is 5.75 Å². The smallest absolute Gasteiger partial charge is 0.126 e. The van der Waals surface area contributed by atoms with Gasteiger partial charge in [-0.2, -0.15) is 0 Å². The Hall–Kier alpha value is -1.62. The minimum absolute atomic E-state index is 0. The lowest BCUT2D eigenvalue weighted by molar-refractivity contribution is 0.326. The molecular formula is C20H26ClFN2O. The number of aryl methyl sites for hydroxylation is 1. The van der Waals surface area contributed by atoms with E-state index in [-0.39, 0.29) is 24.1 Å². The molecule has 3 rings (SSSR count). The molecule has 2 aromatic carbocycles. The highest BCUT2D eigenvalue weighted by Gasteiger charge is 2.29. The number of hydrogen-bond acceptors (Lipinski definition) is 3. The van der Waals surface area contributed by atoms with Crippen molar-refractivity contribution in [3.63, 3.8) is 0 Å². The summed E-state index contributed by atoms with van der Waals surface area (Å²) in [6.45, 7) is 1.00. The number of nitrogens with two attached hydrogens (primary N) is 1. The van der Waals surface area contributed by atoms with Crippen molar-refractivity contribution in [1.82, 2.24) is 5.32 Å². The average Bonchev–Trinajstić information content (AvgIpc) is 2.62. The Morgan fingerprint density at radius 2 is 2.04 bits per heavy atom. The van der Waals surface area contributed by atoms with E-state index in [1.54, 1.807) is 6.07 Å². The predicted octanol–water partition coefficient (Wildman–Crippen LogP) is 3.45. The maximum Gasteiger partial charge on any atom is 0.126 e. The highest BCUT2D eigenvalue weighted by molar-refractivity contribution is 5.85. The van der Waals surface area contributed by atoms with Gasteiger partial charge in [-0.1, -0.05) is 24.3 Å². The summed E-state index contributed by atoms with van der Waals surface area (Å²) >= 11 is 0. The molecule has 2 aromatic rings. The van der Waals surface area contributed by atoms with Crippen LogP contribution in [-0.4, -0.2) is 26.2 Å². The lowest BCUT2D eigenvalue weighted by Crippen LogP contribution is -2.37. The van der Waals surface area contributed by atoms with Gasteiger partial charge in [0.1, 0.15) is 18.2 Å². The number of likely N-dealkylation sites (N-methyl/N-ethyl adjacent to an activating group) is 1. The van der Waals surface area contributed by atoms with Gasteiger partial charge >= 0.3 is 0 Å². The lowest BCUT2D eigenvalue weighted by atomic mass is 9.76. The maximum absolute atomic E-state index is 14.1. The van der Waals surface area contributed by atoms with Crippen LogP contribution in [0.1, 0.15) is 29.0 Å². The van der Waals surface area contributed by atoms with Gasteiger partial charge in [0.2, 0.25) is 0 Å². The van der Waals surface area contributed by atoms with Crippen LogP contribution in [0.3, 0.4) is 0 Å². The van der Waals surface area contributed by atoms with Crippen molar-refractivity contribution in [1.29, 1.82) is 0 Å². The van der Waals surface area contributed by atoms with Gasteiger partial charge in [0.15, 0.2) is 0 Å². The Morgan fingerprint density at radius 3 is 2.76 bits per heavy atom. The molecule has 2 atom stereocenters. The molecule has 5 heteroatoms. The van der Waals surface area contributed by atoms with Gasteiger partial charge in [0, 0.05) is 18.5 Å². The molecule has 1 aliphatic carbocycles. The van der Waals surface area contributed by atoms with Gasteiger partial charge in [-0.05, 0) is 61.2 Å². The largest absolute Gasteiger partial charge is 0.492 e. The van der Waals surface area contributed by atoms with E-state index in [9.17, 15) is 4.39 Å². The van der Waals surface area contributed by atoms with E-state index in [0.717, 1.165) is 24.2 Å². The molecule has 3 N–H and O–H groups in total. The second-order valence-electron chi connectivity index (χ2n) is 6.33. The van der Waals surface area contributed by atoms with Gasteiger partial charge in [0.25, 0.3) is 0 Å². The molecule has 1 aliphatic rings. The van der Waals surface area contributed by atoms with E-state index < -0.39 is 0 Å². The van der Waals surface area contributed by atoms with Crippen LogP contribution in [0.25, 0.3) is 0 Å². The minimum Gasteiger partial charge on any atom is -0.492 e. The second-order valence-corrected chi connectivity index (χ2v) is 6.33. The first-order valence-corrected chi connectivity index (χ1v) is 8.59. The zero-order chi connectivity index (χ0) is 16.9. The number of benzene rings is 2. The molecule has 0 saturated heterocycles. The van der Waals surface area contributed by atoms with E-state index in [1.807, 2.05) is 25.2 Å². The molecule has 0 aliphatic heterocycles. The first kappa shape index (κ1) is 19.7. The number of ether oxygens (including phenoxy) is 1. The molecule has 0 aromatic heterocycles. The summed E-state index contributed by atoms with van der Waals surface area (Å²) in [6, 6.07) is 13.6. The van der Waals surface area contributed by atoms with E-state index in [4.69, 9.17) is 10.5 Å². The fraction of sp³-hybridized carbons (Fsp3) is 0.400.